The molecule has 0 spiro atoms. The molecule has 3 aliphatic rings. The lowest BCUT2D eigenvalue weighted by Crippen LogP contribution is -2.58. The summed E-state index contributed by atoms with van der Waals surface area (Å²) < 4.78 is 22.1. The standard InChI is InChI=1S/C46H40BrN5O9/c1-49-35-24-37(60-3)36(59-2)23-33(35)48-32(43(49)56)16-17-50-44(57)51-18-15-28-34(52(51)45(50)58)22-30-41(54)29(25-11-7-5-8-12-25)21-39(53)46(30,27-13-9-6-10-14-27)40(28)26-19-31(47)42(55)38(20-26)61-4/h5-15,19-21,23-24,30,34,40,55H,16-18,22H2,1-4H3. The molecule has 4 unspecified atom stereocenters. The molecule has 4 atom stereocenters. The van der Waals surface area contributed by atoms with E-state index < -0.39 is 40.2 Å². The SMILES string of the molecule is COc1cc2nc(CCn3c(=O)n4n(c3=O)C3CC5C(=O)C(c6ccccc6)=CC(=O)C5(c5ccccc5)C(c5cc(Br)c(O)c(OC)c5)C3=CC4)c(=O)n(C)c2cc1OC. The van der Waals surface area contributed by atoms with Gasteiger partial charge in [0.05, 0.1) is 54.8 Å². The highest BCUT2D eigenvalue weighted by Gasteiger charge is 2.63. The fraction of sp³-hybridized carbons (Fsp3) is 0.261. The number of ketones is 2. The molecule has 6 aromatic rings. The first-order chi connectivity index (χ1) is 29.4. The van der Waals surface area contributed by atoms with Gasteiger partial charge in [-0.25, -0.2) is 28.5 Å². The largest absolute Gasteiger partial charge is 0.503 e. The first-order valence-electron chi connectivity index (χ1n) is 19.7. The Morgan fingerprint density at radius 3 is 2.21 bits per heavy atom. The molecule has 0 saturated heterocycles. The van der Waals surface area contributed by atoms with Gasteiger partial charge in [0, 0.05) is 49.6 Å². The van der Waals surface area contributed by atoms with E-state index in [1.54, 1.807) is 55.6 Å². The maximum absolute atomic E-state index is 15.3. The predicted molar refractivity (Wildman–Crippen MR) is 230 cm³/mol. The van der Waals surface area contributed by atoms with Crippen LogP contribution in [0.4, 0.5) is 0 Å². The second-order valence-electron chi connectivity index (χ2n) is 15.4. The van der Waals surface area contributed by atoms with Crippen LogP contribution < -0.4 is 31.1 Å². The number of aromatic nitrogens is 5. The number of nitrogens with zero attached hydrogens (tertiary/aromatic N) is 5. The van der Waals surface area contributed by atoms with Crippen molar-refractivity contribution in [3.63, 3.8) is 0 Å². The molecule has 61 heavy (non-hydrogen) atoms. The quantitative estimate of drug-likeness (QED) is 0.190. The van der Waals surface area contributed by atoms with Gasteiger partial charge in [-0.15, -0.1) is 0 Å². The van der Waals surface area contributed by atoms with Gasteiger partial charge in [-0.3, -0.25) is 14.4 Å². The van der Waals surface area contributed by atoms with Crippen molar-refractivity contribution in [2.45, 2.75) is 43.3 Å². The number of methoxy groups -OCH3 is 3. The number of benzene rings is 4. The number of aromatic hydroxyl groups is 1. The molecular weight excluding hydrogens is 846 g/mol. The highest BCUT2D eigenvalue weighted by molar-refractivity contribution is 9.10. The van der Waals surface area contributed by atoms with Crippen molar-refractivity contribution in [3.8, 4) is 23.0 Å². The zero-order valence-corrected chi connectivity index (χ0v) is 35.2. The molecule has 2 aliphatic carbocycles. The molecule has 0 bridgehead atoms. The summed E-state index contributed by atoms with van der Waals surface area (Å²) in [6, 6.07) is 24.0. The fourth-order valence-corrected chi connectivity index (χ4v) is 10.2. The Morgan fingerprint density at radius 2 is 1.52 bits per heavy atom. The van der Waals surface area contributed by atoms with Gasteiger partial charge in [0.15, 0.2) is 34.6 Å². The Bertz CT molecular complexity index is 3060. The van der Waals surface area contributed by atoms with Crippen LogP contribution in [-0.4, -0.2) is 61.5 Å². The van der Waals surface area contributed by atoms with Crippen molar-refractivity contribution < 1.29 is 28.9 Å². The molecule has 3 heterocycles. The molecule has 1 saturated carbocycles. The maximum Gasteiger partial charge on any atom is 0.347 e. The third-order valence-electron chi connectivity index (χ3n) is 12.5. The molecule has 310 valence electrons. The second kappa shape index (κ2) is 15.1. The highest BCUT2D eigenvalue weighted by atomic mass is 79.9. The minimum atomic E-state index is -1.50. The average molecular weight is 887 g/mol. The van der Waals surface area contributed by atoms with Gasteiger partial charge in [-0.1, -0.05) is 66.7 Å². The number of hydrogen-bond donors (Lipinski definition) is 1. The van der Waals surface area contributed by atoms with Crippen LogP contribution >= 0.6 is 15.9 Å². The number of aryl methyl sites for hydroxylation is 2. The van der Waals surface area contributed by atoms with Crippen LogP contribution in [0.15, 0.2) is 122 Å². The molecule has 1 N–H and O–H groups in total. The van der Waals surface area contributed by atoms with E-state index >= 15 is 9.59 Å². The van der Waals surface area contributed by atoms with Gasteiger partial charge in [-0.05, 0) is 62.8 Å². The summed E-state index contributed by atoms with van der Waals surface area (Å²) >= 11 is 3.49. The first kappa shape index (κ1) is 39.7. The van der Waals surface area contributed by atoms with E-state index in [9.17, 15) is 19.5 Å². The van der Waals surface area contributed by atoms with Crippen LogP contribution in [0.1, 0.15) is 40.8 Å². The maximum atomic E-state index is 15.3. The van der Waals surface area contributed by atoms with Crippen LogP contribution in [-0.2, 0) is 41.6 Å². The Hall–Kier alpha value is -6.74. The van der Waals surface area contributed by atoms with E-state index in [0.29, 0.717) is 49.3 Å². The Balaban J connectivity index is 1.21. The summed E-state index contributed by atoms with van der Waals surface area (Å²) in [6.07, 6.45) is 3.29. The van der Waals surface area contributed by atoms with Gasteiger partial charge < -0.3 is 23.9 Å². The summed E-state index contributed by atoms with van der Waals surface area (Å²) in [6.45, 7) is -0.171. The normalized spacial score (nSPS) is 20.6. The molecule has 0 radical (unpaired) electrons. The zero-order chi connectivity index (χ0) is 42.9. The number of ether oxygens (including phenoxy) is 3. The Morgan fingerprint density at radius 1 is 0.852 bits per heavy atom. The number of halogens is 1. The van der Waals surface area contributed by atoms with Gasteiger partial charge in [0.25, 0.3) is 5.56 Å². The number of Topliss-reactive ketones (excluding diaryl/α,β-unsaturated/α-hetero) is 1. The molecule has 4 aromatic carbocycles. The van der Waals surface area contributed by atoms with E-state index in [1.807, 2.05) is 42.5 Å². The van der Waals surface area contributed by atoms with Crippen molar-refractivity contribution in [1.29, 1.82) is 0 Å². The lowest BCUT2D eigenvalue weighted by molar-refractivity contribution is -0.133. The first-order valence-corrected chi connectivity index (χ1v) is 20.4. The van der Waals surface area contributed by atoms with Crippen molar-refractivity contribution >= 4 is 44.1 Å². The number of allylic oxidation sites excluding steroid dienone is 4. The summed E-state index contributed by atoms with van der Waals surface area (Å²) in [5.74, 6) is -1.58. The van der Waals surface area contributed by atoms with E-state index in [-0.39, 0.29) is 60.3 Å². The Kier molecular flexibility index (Phi) is 9.81. The molecule has 9 rings (SSSR count). The van der Waals surface area contributed by atoms with Crippen LogP contribution in [0.2, 0.25) is 0 Å². The molecule has 14 nitrogen and oxygen atoms in total. The van der Waals surface area contributed by atoms with E-state index in [4.69, 9.17) is 14.2 Å². The van der Waals surface area contributed by atoms with Crippen LogP contribution in [0.25, 0.3) is 16.6 Å². The summed E-state index contributed by atoms with van der Waals surface area (Å²) in [5.41, 5.74) is 0.681. The number of carbonyl (C=O) groups excluding carboxylic acids is 2. The lowest BCUT2D eigenvalue weighted by Gasteiger charge is -2.54. The van der Waals surface area contributed by atoms with E-state index in [0.717, 1.165) is 4.57 Å². The smallest absolute Gasteiger partial charge is 0.347 e. The number of rotatable bonds is 9. The summed E-state index contributed by atoms with van der Waals surface area (Å²) in [7, 11) is 6.03. The van der Waals surface area contributed by atoms with Gasteiger partial charge >= 0.3 is 11.4 Å². The van der Waals surface area contributed by atoms with E-state index in [2.05, 4.69) is 20.9 Å². The molecule has 1 aliphatic heterocycles. The minimum absolute atomic E-state index is 0.0137. The minimum Gasteiger partial charge on any atom is -0.503 e. The third-order valence-corrected chi connectivity index (χ3v) is 13.1. The zero-order valence-electron chi connectivity index (χ0n) is 33.6. The number of phenols is 1. The summed E-state index contributed by atoms with van der Waals surface area (Å²) in [5, 5.41) is 10.9. The van der Waals surface area contributed by atoms with Crippen molar-refractivity contribution in [2.75, 3.05) is 21.3 Å². The van der Waals surface area contributed by atoms with Gasteiger partial charge in [0.2, 0.25) is 0 Å². The molecule has 15 heteroatoms. The fourth-order valence-electron chi connectivity index (χ4n) is 9.76. The Labute approximate surface area is 356 Å². The monoisotopic (exact) mass is 885 g/mol. The highest BCUT2D eigenvalue weighted by Crippen LogP contribution is 2.62. The molecular formula is C46H40BrN5O9. The number of carbonyl (C=O) groups is 2. The lowest BCUT2D eigenvalue weighted by atomic mass is 9.47. The molecule has 1 fully saturated rings. The number of fused-ring (bicyclic) bond motifs is 5. The average Bonchev–Trinajstić information content (AvgIpc) is 3.53. The van der Waals surface area contributed by atoms with E-state index in [1.165, 1.54) is 41.3 Å². The van der Waals surface area contributed by atoms with Crippen LogP contribution in [0.3, 0.4) is 0 Å². The number of phenolic OH excluding ortho intramolecular Hbond substituents is 1. The van der Waals surface area contributed by atoms with Crippen molar-refractivity contribution in [1.82, 2.24) is 23.5 Å². The second-order valence-corrected chi connectivity index (χ2v) is 16.2. The third kappa shape index (κ3) is 5.96. The van der Waals surface area contributed by atoms with Gasteiger partial charge in [-0.2, -0.15) is 0 Å². The van der Waals surface area contributed by atoms with Crippen LogP contribution in [0.5, 0.6) is 23.0 Å². The molecule has 0 amide bonds. The van der Waals surface area contributed by atoms with Crippen molar-refractivity contribution in [2.24, 2.45) is 13.0 Å². The summed E-state index contributed by atoms with van der Waals surface area (Å²) in [4.78, 5) is 77.7. The predicted octanol–water partition coefficient (Wildman–Crippen LogP) is 5.25. The number of hydrogen-bond acceptors (Lipinski definition) is 10. The van der Waals surface area contributed by atoms with Crippen molar-refractivity contribution in [3.05, 3.63) is 161 Å². The topological polar surface area (TPSA) is 166 Å². The van der Waals surface area contributed by atoms with Gasteiger partial charge in [0.1, 0.15) is 5.69 Å². The van der Waals surface area contributed by atoms with Crippen LogP contribution in [0, 0.1) is 5.92 Å². The molecule has 2 aromatic heterocycles.